The third kappa shape index (κ3) is 3.15. The van der Waals surface area contributed by atoms with Crippen LogP contribution in [0.25, 0.3) is 10.9 Å². The van der Waals surface area contributed by atoms with E-state index in [1.54, 1.807) is 0 Å². The van der Waals surface area contributed by atoms with E-state index in [9.17, 15) is 0 Å². The van der Waals surface area contributed by atoms with Crippen molar-refractivity contribution < 1.29 is 5.11 Å². The first kappa shape index (κ1) is 13.2. The number of nitrogens with zero attached hydrogens (tertiary/aromatic N) is 1. The summed E-state index contributed by atoms with van der Waals surface area (Å²) in [4.78, 5) is 4.62. The molecular weight excluding hydrogens is 244 g/mol. The van der Waals surface area contributed by atoms with E-state index in [0.717, 1.165) is 29.3 Å². The predicted molar refractivity (Wildman–Crippen MR) is 79.2 cm³/mol. The third-order valence-electron chi connectivity index (χ3n) is 2.74. The van der Waals surface area contributed by atoms with Crippen LogP contribution in [0.4, 0.5) is 5.82 Å². The number of benzene rings is 1. The second-order valence-electron chi connectivity index (χ2n) is 4.07. The molecular formula is C14H18N2OS. The summed E-state index contributed by atoms with van der Waals surface area (Å²) in [6.45, 7) is 0.266. The van der Waals surface area contributed by atoms with Gasteiger partial charge in [0.05, 0.1) is 5.52 Å². The van der Waals surface area contributed by atoms with Gasteiger partial charge in [-0.3, -0.25) is 0 Å². The Hall–Kier alpha value is -1.26. The lowest BCUT2D eigenvalue weighted by Crippen LogP contribution is -1.99. The Balaban J connectivity index is 2.19. The van der Waals surface area contributed by atoms with Crippen molar-refractivity contribution in [2.24, 2.45) is 0 Å². The predicted octanol–water partition coefficient (Wildman–Crippen LogP) is 2.89. The Morgan fingerprint density at radius 3 is 2.94 bits per heavy atom. The SMILES string of the molecule is CNc1nc2ccccc2cc1CSCCCO. The average molecular weight is 262 g/mol. The molecule has 0 saturated carbocycles. The molecule has 0 spiro atoms. The van der Waals surface area contributed by atoms with Crippen LogP contribution >= 0.6 is 11.8 Å². The molecule has 96 valence electrons. The molecule has 1 heterocycles. The maximum Gasteiger partial charge on any atom is 0.130 e. The number of thioether (sulfide) groups is 1. The van der Waals surface area contributed by atoms with Gasteiger partial charge in [-0.25, -0.2) is 4.98 Å². The monoisotopic (exact) mass is 262 g/mol. The normalized spacial score (nSPS) is 10.8. The maximum absolute atomic E-state index is 8.77. The molecule has 2 N–H and O–H groups in total. The summed E-state index contributed by atoms with van der Waals surface area (Å²) in [5.74, 6) is 2.85. The molecule has 0 unspecified atom stereocenters. The van der Waals surface area contributed by atoms with Crippen LogP contribution < -0.4 is 5.32 Å². The summed E-state index contributed by atoms with van der Waals surface area (Å²) in [6.07, 6.45) is 0.848. The molecule has 18 heavy (non-hydrogen) atoms. The second kappa shape index (κ2) is 6.61. The van der Waals surface area contributed by atoms with E-state index in [2.05, 4.69) is 22.4 Å². The van der Waals surface area contributed by atoms with Gasteiger partial charge in [0.25, 0.3) is 0 Å². The highest BCUT2D eigenvalue weighted by Gasteiger charge is 2.05. The average Bonchev–Trinajstić information content (AvgIpc) is 2.42. The number of pyridine rings is 1. The highest BCUT2D eigenvalue weighted by Crippen LogP contribution is 2.24. The van der Waals surface area contributed by atoms with Gasteiger partial charge >= 0.3 is 0 Å². The molecule has 4 heteroatoms. The fraction of sp³-hybridized carbons (Fsp3) is 0.357. The van der Waals surface area contributed by atoms with Crippen molar-refractivity contribution in [1.82, 2.24) is 4.98 Å². The zero-order valence-corrected chi connectivity index (χ0v) is 11.3. The summed E-state index contributed by atoms with van der Waals surface area (Å²) in [5, 5.41) is 13.1. The molecule has 1 aromatic heterocycles. The maximum atomic E-state index is 8.77. The zero-order chi connectivity index (χ0) is 12.8. The lowest BCUT2D eigenvalue weighted by molar-refractivity contribution is 0.296. The van der Waals surface area contributed by atoms with Crippen LogP contribution in [0.15, 0.2) is 30.3 Å². The number of aromatic nitrogens is 1. The molecule has 0 amide bonds. The van der Waals surface area contributed by atoms with Crippen LogP contribution in [0.5, 0.6) is 0 Å². The van der Waals surface area contributed by atoms with Gasteiger partial charge in [0, 0.05) is 30.4 Å². The first-order valence-electron chi connectivity index (χ1n) is 6.10. The van der Waals surface area contributed by atoms with Crippen LogP contribution in [-0.2, 0) is 5.75 Å². The first-order chi connectivity index (χ1) is 8.85. The number of nitrogens with one attached hydrogen (secondary N) is 1. The molecule has 0 aliphatic rings. The topological polar surface area (TPSA) is 45.2 Å². The number of anilines is 1. The number of para-hydroxylation sites is 1. The molecule has 2 aromatic rings. The van der Waals surface area contributed by atoms with Crippen molar-refractivity contribution in [3.8, 4) is 0 Å². The van der Waals surface area contributed by atoms with Crippen molar-refractivity contribution in [3.63, 3.8) is 0 Å². The summed E-state index contributed by atoms with van der Waals surface area (Å²) in [7, 11) is 1.90. The minimum absolute atomic E-state index is 0.266. The largest absolute Gasteiger partial charge is 0.396 e. The Bertz CT molecular complexity index is 516. The fourth-order valence-corrected chi connectivity index (χ4v) is 2.75. The molecule has 0 atom stereocenters. The summed E-state index contributed by atoms with van der Waals surface area (Å²) < 4.78 is 0. The van der Waals surface area contributed by atoms with Gasteiger partial charge in [-0.2, -0.15) is 11.8 Å². The standard InChI is InChI=1S/C14H18N2OS/c1-15-14-12(10-18-8-4-7-17)9-11-5-2-3-6-13(11)16-14/h2-3,5-6,9,17H,4,7-8,10H2,1H3,(H,15,16). The van der Waals surface area contributed by atoms with E-state index >= 15 is 0 Å². The van der Waals surface area contributed by atoms with Crippen molar-refractivity contribution in [2.75, 3.05) is 24.7 Å². The third-order valence-corrected chi connectivity index (χ3v) is 3.84. The van der Waals surface area contributed by atoms with Crippen LogP contribution in [0, 0.1) is 0 Å². The minimum Gasteiger partial charge on any atom is -0.396 e. The summed E-state index contributed by atoms with van der Waals surface area (Å²) in [6, 6.07) is 10.3. The van der Waals surface area contributed by atoms with Crippen molar-refractivity contribution in [2.45, 2.75) is 12.2 Å². The molecule has 3 nitrogen and oxygen atoms in total. The van der Waals surface area contributed by atoms with E-state index in [-0.39, 0.29) is 6.61 Å². The summed E-state index contributed by atoms with van der Waals surface area (Å²) >= 11 is 1.83. The molecule has 0 saturated heterocycles. The molecule has 1 aromatic carbocycles. The van der Waals surface area contributed by atoms with Crippen molar-refractivity contribution in [1.29, 1.82) is 0 Å². The minimum atomic E-state index is 0.266. The van der Waals surface area contributed by atoms with Crippen LogP contribution in [0.1, 0.15) is 12.0 Å². The number of fused-ring (bicyclic) bond motifs is 1. The Morgan fingerprint density at radius 2 is 2.17 bits per heavy atom. The van der Waals surface area contributed by atoms with E-state index in [1.165, 1.54) is 10.9 Å². The van der Waals surface area contributed by atoms with Gasteiger partial charge in [-0.15, -0.1) is 0 Å². The van der Waals surface area contributed by atoms with E-state index in [1.807, 2.05) is 37.0 Å². The Kier molecular flexibility index (Phi) is 4.84. The second-order valence-corrected chi connectivity index (χ2v) is 5.17. The quantitative estimate of drug-likeness (QED) is 0.786. The molecule has 2 rings (SSSR count). The molecule has 0 fully saturated rings. The first-order valence-corrected chi connectivity index (χ1v) is 7.25. The van der Waals surface area contributed by atoms with Gasteiger partial charge in [-0.1, -0.05) is 18.2 Å². The lowest BCUT2D eigenvalue weighted by atomic mass is 10.1. The van der Waals surface area contributed by atoms with Crippen molar-refractivity contribution in [3.05, 3.63) is 35.9 Å². The van der Waals surface area contributed by atoms with Crippen LogP contribution in [-0.4, -0.2) is 29.5 Å². The van der Waals surface area contributed by atoms with Crippen LogP contribution in [0.3, 0.4) is 0 Å². The number of aliphatic hydroxyl groups is 1. The highest BCUT2D eigenvalue weighted by molar-refractivity contribution is 7.98. The zero-order valence-electron chi connectivity index (χ0n) is 10.5. The highest BCUT2D eigenvalue weighted by atomic mass is 32.2. The number of hydrogen-bond acceptors (Lipinski definition) is 4. The fourth-order valence-electron chi connectivity index (χ4n) is 1.83. The van der Waals surface area contributed by atoms with Gasteiger partial charge in [0.2, 0.25) is 0 Å². The molecule has 0 radical (unpaired) electrons. The van der Waals surface area contributed by atoms with E-state index in [0.29, 0.717) is 0 Å². The number of aliphatic hydroxyl groups excluding tert-OH is 1. The Morgan fingerprint density at radius 1 is 1.33 bits per heavy atom. The summed E-state index contributed by atoms with van der Waals surface area (Å²) in [5.41, 5.74) is 2.24. The number of rotatable bonds is 6. The lowest BCUT2D eigenvalue weighted by Gasteiger charge is -2.09. The molecule has 0 aliphatic heterocycles. The van der Waals surface area contributed by atoms with Crippen molar-refractivity contribution >= 4 is 28.5 Å². The van der Waals surface area contributed by atoms with Gasteiger partial charge in [-0.05, 0) is 24.3 Å². The number of hydrogen-bond donors (Lipinski definition) is 2. The Labute approximate surface area is 112 Å². The van der Waals surface area contributed by atoms with Gasteiger partial charge < -0.3 is 10.4 Å². The van der Waals surface area contributed by atoms with E-state index < -0.39 is 0 Å². The van der Waals surface area contributed by atoms with E-state index in [4.69, 9.17) is 5.11 Å². The molecule has 0 bridgehead atoms. The molecule has 0 aliphatic carbocycles. The smallest absolute Gasteiger partial charge is 0.130 e. The van der Waals surface area contributed by atoms with Crippen LogP contribution in [0.2, 0.25) is 0 Å². The van der Waals surface area contributed by atoms with Gasteiger partial charge in [0.1, 0.15) is 5.82 Å². The van der Waals surface area contributed by atoms with Gasteiger partial charge in [0.15, 0.2) is 0 Å².